The number of hydrogen-bond acceptors (Lipinski definition) is 4. The van der Waals surface area contributed by atoms with Crippen molar-refractivity contribution in [3.8, 4) is 0 Å². The summed E-state index contributed by atoms with van der Waals surface area (Å²) in [6.07, 6.45) is 28.7. The minimum atomic E-state index is -1.12. The summed E-state index contributed by atoms with van der Waals surface area (Å²) in [6, 6.07) is -0.817. The molecule has 4 N–H and O–H groups in total. The zero-order valence-electron chi connectivity index (χ0n) is 22.7. The number of unbranched alkanes of at least 4 members (excludes halogenated alkanes) is 12. The number of amides is 1. The fourth-order valence-electron chi connectivity index (χ4n) is 3.84. The first-order valence-electron chi connectivity index (χ1n) is 14.3. The minimum absolute atomic E-state index is 0.381. The Morgan fingerprint density at radius 3 is 1.80 bits per heavy atom. The summed E-state index contributed by atoms with van der Waals surface area (Å²) in [5, 5.41) is 32.5. The second kappa shape index (κ2) is 25.7. The van der Waals surface area contributed by atoms with Crippen LogP contribution in [0, 0.1) is 0 Å². The van der Waals surface area contributed by atoms with Gasteiger partial charge < -0.3 is 20.6 Å². The summed E-state index contributed by atoms with van der Waals surface area (Å²) in [6.45, 7) is 4.05. The smallest absolute Gasteiger partial charge is 0.249 e. The number of rotatable bonds is 24. The Morgan fingerprint density at radius 2 is 1.17 bits per heavy atom. The summed E-state index contributed by atoms with van der Waals surface area (Å²) in [5.74, 6) is -0.537. The number of allylic oxidation sites excluding steroid dienone is 5. The third-order valence-corrected chi connectivity index (χ3v) is 6.20. The van der Waals surface area contributed by atoms with E-state index in [1.165, 1.54) is 57.8 Å². The Hall–Kier alpha value is -1.43. The van der Waals surface area contributed by atoms with Crippen LogP contribution in [0.2, 0.25) is 0 Å². The van der Waals surface area contributed by atoms with Crippen molar-refractivity contribution in [2.45, 2.75) is 141 Å². The Kier molecular flexibility index (Phi) is 24.6. The molecule has 0 aliphatic rings. The van der Waals surface area contributed by atoms with E-state index in [0.29, 0.717) is 6.42 Å². The lowest BCUT2D eigenvalue weighted by atomic mass is 10.1. The highest BCUT2D eigenvalue weighted by Gasteiger charge is 2.22. The average molecular weight is 494 g/mol. The predicted molar refractivity (Wildman–Crippen MR) is 148 cm³/mol. The van der Waals surface area contributed by atoms with Crippen LogP contribution in [0.15, 0.2) is 36.5 Å². The van der Waals surface area contributed by atoms with Gasteiger partial charge in [0.05, 0.1) is 18.8 Å². The van der Waals surface area contributed by atoms with Gasteiger partial charge in [0, 0.05) is 0 Å². The van der Waals surface area contributed by atoms with Gasteiger partial charge in [-0.25, -0.2) is 0 Å². The molecule has 0 heterocycles. The fourth-order valence-corrected chi connectivity index (χ4v) is 3.84. The lowest BCUT2D eigenvalue weighted by molar-refractivity contribution is -0.131. The molecule has 204 valence electrons. The molecule has 3 unspecified atom stereocenters. The van der Waals surface area contributed by atoms with Crippen LogP contribution in [0.5, 0.6) is 0 Å². The quantitative estimate of drug-likeness (QED) is 0.0909. The highest BCUT2D eigenvalue weighted by molar-refractivity contribution is 5.80. The summed E-state index contributed by atoms with van der Waals surface area (Å²) in [4.78, 5) is 12.2. The molecule has 0 radical (unpaired) electrons. The lowest BCUT2D eigenvalue weighted by Crippen LogP contribution is -2.48. The van der Waals surface area contributed by atoms with Crippen LogP contribution in [-0.2, 0) is 4.79 Å². The zero-order valence-corrected chi connectivity index (χ0v) is 22.7. The van der Waals surface area contributed by atoms with Crippen molar-refractivity contribution >= 4 is 5.91 Å². The standard InChI is InChI=1S/C30H55NO4/c1-3-5-7-9-11-13-14-15-17-19-21-23-25-29(34)30(35)31-27(26-32)28(33)24-22-20-18-16-12-10-8-6-4-2/h12,15-17,22,24,27-29,32-34H,3-11,13-14,18-21,23,25-26H2,1-2H3,(H,31,35)/b16-12+,17-15-,24-22+. The van der Waals surface area contributed by atoms with E-state index in [1.807, 2.05) is 6.08 Å². The molecule has 35 heavy (non-hydrogen) atoms. The van der Waals surface area contributed by atoms with E-state index in [9.17, 15) is 20.1 Å². The van der Waals surface area contributed by atoms with Crippen molar-refractivity contribution in [3.05, 3.63) is 36.5 Å². The molecular weight excluding hydrogens is 438 g/mol. The first kappa shape index (κ1) is 33.6. The average Bonchev–Trinajstić information content (AvgIpc) is 2.86. The molecule has 0 saturated heterocycles. The van der Waals surface area contributed by atoms with Gasteiger partial charge in [0.2, 0.25) is 5.91 Å². The molecule has 0 aliphatic carbocycles. The van der Waals surface area contributed by atoms with Gasteiger partial charge in [0.1, 0.15) is 6.10 Å². The summed E-state index contributed by atoms with van der Waals surface area (Å²) in [7, 11) is 0. The fraction of sp³-hybridized carbons (Fsp3) is 0.767. The van der Waals surface area contributed by atoms with E-state index in [4.69, 9.17) is 0 Å². The monoisotopic (exact) mass is 493 g/mol. The van der Waals surface area contributed by atoms with Crippen molar-refractivity contribution in [2.24, 2.45) is 0 Å². The van der Waals surface area contributed by atoms with Gasteiger partial charge in [-0.05, 0) is 57.8 Å². The molecule has 3 atom stereocenters. The van der Waals surface area contributed by atoms with Gasteiger partial charge in [-0.3, -0.25) is 4.79 Å². The summed E-state index contributed by atoms with van der Waals surface area (Å²) in [5.41, 5.74) is 0. The number of hydrogen-bond donors (Lipinski definition) is 4. The van der Waals surface area contributed by atoms with Gasteiger partial charge in [-0.2, -0.15) is 0 Å². The van der Waals surface area contributed by atoms with Crippen LogP contribution in [0.4, 0.5) is 0 Å². The molecular formula is C30H55NO4. The molecule has 0 aromatic rings. The van der Waals surface area contributed by atoms with E-state index in [1.54, 1.807) is 6.08 Å². The topological polar surface area (TPSA) is 89.8 Å². The van der Waals surface area contributed by atoms with Crippen LogP contribution < -0.4 is 5.32 Å². The van der Waals surface area contributed by atoms with Crippen LogP contribution >= 0.6 is 0 Å². The van der Waals surface area contributed by atoms with E-state index in [2.05, 4.69) is 43.5 Å². The SMILES string of the molecule is CCCCC/C=C/CC/C=C/C(O)C(CO)NC(=O)C(O)CCCC/C=C\CCCCCCCC. The van der Waals surface area contributed by atoms with Crippen LogP contribution in [0.3, 0.4) is 0 Å². The largest absolute Gasteiger partial charge is 0.394 e. The second-order valence-electron chi connectivity index (χ2n) is 9.59. The third-order valence-electron chi connectivity index (χ3n) is 6.20. The molecule has 1 amide bonds. The number of aliphatic hydroxyl groups excluding tert-OH is 3. The van der Waals surface area contributed by atoms with E-state index >= 15 is 0 Å². The number of carbonyl (C=O) groups is 1. The minimum Gasteiger partial charge on any atom is -0.394 e. The van der Waals surface area contributed by atoms with Gasteiger partial charge in [0.15, 0.2) is 0 Å². The van der Waals surface area contributed by atoms with Gasteiger partial charge in [0.25, 0.3) is 0 Å². The normalized spacial score (nSPS) is 14.8. The molecule has 0 aromatic heterocycles. The summed E-state index contributed by atoms with van der Waals surface area (Å²) < 4.78 is 0. The molecule has 0 aliphatic heterocycles. The Morgan fingerprint density at radius 1 is 0.686 bits per heavy atom. The molecule has 0 bridgehead atoms. The first-order chi connectivity index (χ1) is 17.1. The highest BCUT2D eigenvalue weighted by Crippen LogP contribution is 2.09. The summed E-state index contributed by atoms with van der Waals surface area (Å²) >= 11 is 0. The maximum atomic E-state index is 12.2. The van der Waals surface area contributed by atoms with Crippen molar-refractivity contribution in [2.75, 3.05) is 6.61 Å². The number of nitrogens with one attached hydrogen (secondary N) is 1. The molecule has 0 saturated carbocycles. The maximum absolute atomic E-state index is 12.2. The number of carbonyl (C=O) groups excluding carboxylic acids is 1. The van der Waals surface area contributed by atoms with Crippen LogP contribution in [-0.4, -0.2) is 46.1 Å². The molecule has 0 rings (SSSR count). The zero-order chi connectivity index (χ0) is 26.0. The second-order valence-corrected chi connectivity index (χ2v) is 9.59. The lowest BCUT2D eigenvalue weighted by Gasteiger charge is -2.21. The Balaban J connectivity index is 3.96. The van der Waals surface area contributed by atoms with E-state index < -0.39 is 24.2 Å². The first-order valence-corrected chi connectivity index (χ1v) is 14.3. The van der Waals surface area contributed by atoms with Gasteiger partial charge in [-0.1, -0.05) is 102 Å². The van der Waals surface area contributed by atoms with E-state index in [0.717, 1.165) is 44.9 Å². The Bertz CT molecular complexity index is 559. The molecule has 5 heteroatoms. The number of aliphatic hydroxyl groups is 3. The van der Waals surface area contributed by atoms with Crippen molar-refractivity contribution < 1.29 is 20.1 Å². The van der Waals surface area contributed by atoms with Crippen molar-refractivity contribution in [1.29, 1.82) is 0 Å². The third kappa shape index (κ3) is 21.6. The molecule has 0 fully saturated rings. The highest BCUT2D eigenvalue weighted by atomic mass is 16.3. The van der Waals surface area contributed by atoms with Gasteiger partial charge in [-0.15, -0.1) is 0 Å². The van der Waals surface area contributed by atoms with Crippen LogP contribution in [0.1, 0.15) is 123 Å². The maximum Gasteiger partial charge on any atom is 0.249 e. The van der Waals surface area contributed by atoms with Crippen molar-refractivity contribution in [3.63, 3.8) is 0 Å². The molecule has 5 nitrogen and oxygen atoms in total. The van der Waals surface area contributed by atoms with Crippen LogP contribution in [0.25, 0.3) is 0 Å². The predicted octanol–water partition coefficient (Wildman–Crippen LogP) is 6.53. The Labute approximate surface area is 215 Å². The molecule has 0 spiro atoms. The van der Waals surface area contributed by atoms with Gasteiger partial charge >= 0.3 is 0 Å². The van der Waals surface area contributed by atoms with E-state index in [-0.39, 0.29) is 6.61 Å². The van der Waals surface area contributed by atoms with Crippen molar-refractivity contribution in [1.82, 2.24) is 5.32 Å². The molecule has 0 aromatic carbocycles.